The van der Waals surface area contributed by atoms with Crippen LogP contribution in [0.25, 0.3) is 0 Å². The molecular weight excluding hydrogens is 188 g/mol. The SMILES string of the molecule is Cc1nn(CCC(C)C)c(C)c1C(C)O. The Balaban J connectivity index is 2.87. The first-order valence-electron chi connectivity index (χ1n) is 5.65. The topological polar surface area (TPSA) is 38.0 Å². The molecule has 1 aromatic rings. The minimum Gasteiger partial charge on any atom is -0.389 e. The molecule has 0 aliphatic carbocycles. The molecule has 0 aliphatic rings. The summed E-state index contributed by atoms with van der Waals surface area (Å²) in [6.07, 6.45) is 0.707. The highest BCUT2D eigenvalue weighted by molar-refractivity contribution is 5.26. The van der Waals surface area contributed by atoms with Crippen LogP contribution < -0.4 is 0 Å². The molecule has 0 aliphatic heterocycles. The van der Waals surface area contributed by atoms with Crippen LogP contribution in [0.2, 0.25) is 0 Å². The summed E-state index contributed by atoms with van der Waals surface area (Å²) in [5.74, 6) is 0.684. The van der Waals surface area contributed by atoms with Gasteiger partial charge in [0.05, 0.1) is 11.8 Å². The number of aliphatic hydroxyl groups excluding tert-OH is 1. The lowest BCUT2D eigenvalue weighted by atomic mass is 10.1. The molecule has 0 aromatic carbocycles. The molecule has 1 aromatic heterocycles. The van der Waals surface area contributed by atoms with Crippen LogP contribution in [0, 0.1) is 19.8 Å². The molecule has 3 nitrogen and oxygen atoms in total. The third-order valence-electron chi connectivity index (χ3n) is 2.77. The average molecular weight is 210 g/mol. The number of hydrogen-bond donors (Lipinski definition) is 1. The number of rotatable bonds is 4. The summed E-state index contributed by atoms with van der Waals surface area (Å²) in [4.78, 5) is 0. The predicted octanol–water partition coefficient (Wildman–Crippen LogP) is 2.60. The fourth-order valence-electron chi connectivity index (χ4n) is 1.91. The summed E-state index contributed by atoms with van der Waals surface area (Å²) in [7, 11) is 0. The van der Waals surface area contributed by atoms with Gasteiger partial charge >= 0.3 is 0 Å². The Hall–Kier alpha value is -0.830. The first-order chi connectivity index (χ1) is 6.93. The van der Waals surface area contributed by atoms with E-state index in [1.165, 1.54) is 0 Å². The highest BCUT2D eigenvalue weighted by Gasteiger charge is 2.15. The van der Waals surface area contributed by atoms with Crippen LogP contribution in [0.5, 0.6) is 0 Å². The van der Waals surface area contributed by atoms with Gasteiger partial charge in [0.25, 0.3) is 0 Å². The molecule has 0 radical (unpaired) electrons. The minimum atomic E-state index is -0.419. The zero-order chi connectivity index (χ0) is 11.6. The molecule has 1 heterocycles. The Bertz CT molecular complexity index is 327. The zero-order valence-electron chi connectivity index (χ0n) is 10.4. The number of aromatic nitrogens is 2. The van der Waals surface area contributed by atoms with Gasteiger partial charge in [0.1, 0.15) is 0 Å². The van der Waals surface area contributed by atoms with E-state index in [9.17, 15) is 5.11 Å². The Morgan fingerprint density at radius 1 is 1.27 bits per heavy atom. The van der Waals surface area contributed by atoms with Gasteiger partial charge in [-0.2, -0.15) is 5.10 Å². The molecule has 0 saturated heterocycles. The third-order valence-corrected chi connectivity index (χ3v) is 2.77. The lowest BCUT2D eigenvalue weighted by Crippen LogP contribution is -2.06. The van der Waals surface area contributed by atoms with Crippen LogP contribution in [-0.4, -0.2) is 14.9 Å². The molecule has 0 saturated carbocycles. The van der Waals surface area contributed by atoms with Gasteiger partial charge in [-0.25, -0.2) is 0 Å². The molecule has 0 spiro atoms. The second-order valence-corrected chi connectivity index (χ2v) is 4.67. The second-order valence-electron chi connectivity index (χ2n) is 4.67. The minimum absolute atomic E-state index is 0.419. The van der Waals surface area contributed by atoms with Crippen molar-refractivity contribution in [2.75, 3.05) is 0 Å². The van der Waals surface area contributed by atoms with Crippen LogP contribution in [0.3, 0.4) is 0 Å². The highest BCUT2D eigenvalue weighted by atomic mass is 16.3. The van der Waals surface area contributed by atoms with Gasteiger partial charge in [0.2, 0.25) is 0 Å². The molecule has 1 rings (SSSR count). The van der Waals surface area contributed by atoms with E-state index in [1.54, 1.807) is 6.92 Å². The van der Waals surface area contributed by atoms with Crippen molar-refractivity contribution in [1.82, 2.24) is 9.78 Å². The largest absolute Gasteiger partial charge is 0.389 e. The van der Waals surface area contributed by atoms with Gasteiger partial charge in [-0.1, -0.05) is 13.8 Å². The fourth-order valence-corrected chi connectivity index (χ4v) is 1.91. The summed E-state index contributed by atoms with van der Waals surface area (Å²) in [6.45, 7) is 11.1. The number of aliphatic hydroxyl groups is 1. The lowest BCUT2D eigenvalue weighted by Gasteiger charge is -2.08. The van der Waals surface area contributed by atoms with Crippen molar-refractivity contribution >= 4 is 0 Å². The summed E-state index contributed by atoms with van der Waals surface area (Å²) >= 11 is 0. The maximum absolute atomic E-state index is 9.62. The molecular formula is C12H22N2O. The Morgan fingerprint density at radius 2 is 1.87 bits per heavy atom. The van der Waals surface area contributed by atoms with Crippen LogP contribution in [0.15, 0.2) is 0 Å². The molecule has 0 amide bonds. The van der Waals surface area contributed by atoms with Crippen molar-refractivity contribution in [3.05, 3.63) is 17.0 Å². The van der Waals surface area contributed by atoms with Crippen LogP contribution in [-0.2, 0) is 6.54 Å². The van der Waals surface area contributed by atoms with Gasteiger partial charge in [-0.3, -0.25) is 4.68 Å². The number of hydrogen-bond acceptors (Lipinski definition) is 2. The summed E-state index contributed by atoms with van der Waals surface area (Å²) in [5, 5.41) is 14.1. The normalized spacial score (nSPS) is 13.5. The molecule has 1 N–H and O–H groups in total. The smallest absolute Gasteiger partial charge is 0.0797 e. The van der Waals surface area contributed by atoms with Crippen molar-refractivity contribution in [3.63, 3.8) is 0 Å². The summed E-state index contributed by atoms with van der Waals surface area (Å²) in [6, 6.07) is 0. The van der Waals surface area contributed by atoms with Gasteiger partial charge in [-0.05, 0) is 33.1 Å². The van der Waals surface area contributed by atoms with Gasteiger partial charge in [-0.15, -0.1) is 0 Å². The lowest BCUT2D eigenvalue weighted by molar-refractivity contribution is 0.197. The second kappa shape index (κ2) is 4.79. The standard InChI is InChI=1S/C12H22N2O/c1-8(2)6-7-14-10(4)12(11(5)15)9(3)13-14/h8,11,15H,6-7H2,1-5H3. The molecule has 1 atom stereocenters. The molecule has 86 valence electrons. The van der Waals surface area contributed by atoms with E-state index in [0.29, 0.717) is 5.92 Å². The van der Waals surface area contributed by atoms with E-state index in [-0.39, 0.29) is 0 Å². The van der Waals surface area contributed by atoms with E-state index in [2.05, 4.69) is 18.9 Å². The Labute approximate surface area is 92.1 Å². The van der Waals surface area contributed by atoms with E-state index in [1.807, 2.05) is 18.5 Å². The zero-order valence-corrected chi connectivity index (χ0v) is 10.4. The first kappa shape index (κ1) is 12.2. The van der Waals surface area contributed by atoms with E-state index >= 15 is 0 Å². The van der Waals surface area contributed by atoms with Crippen LogP contribution in [0.1, 0.15) is 50.2 Å². The Morgan fingerprint density at radius 3 is 2.27 bits per heavy atom. The van der Waals surface area contributed by atoms with E-state index < -0.39 is 6.10 Å². The molecule has 0 fully saturated rings. The fraction of sp³-hybridized carbons (Fsp3) is 0.750. The third kappa shape index (κ3) is 2.81. The molecule has 3 heteroatoms. The van der Waals surface area contributed by atoms with Gasteiger partial charge in [0.15, 0.2) is 0 Å². The van der Waals surface area contributed by atoms with Crippen molar-refractivity contribution in [2.24, 2.45) is 5.92 Å². The van der Waals surface area contributed by atoms with Crippen LogP contribution >= 0.6 is 0 Å². The quantitative estimate of drug-likeness (QED) is 0.829. The van der Waals surface area contributed by atoms with Gasteiger partial charge < -0.3 is 5.11 Å². The van der Waals surface area contributed by atoms with Crippen molar-refractivity contribution in [2.45, 2.75) is 53.7 Å². The molecule has 0 bridgehead atoms. The summed E-state index contributed by atoms with van der Waals surface area (Å²) < 4.78 is 2.01. The molecule has 15 heavy (non-hydrogen) atoms. The summed E-state index contributed by atoms with van der Waals surface area (Å²) in [5.41, 5.74) is 3.04. The molecule has 1 unspecified atom stereocenters. The van der Waals surface area contributed by atoms with Crippen LogP contribution in [0.4, 0.5) is 0 Å². The van der Waals surface area contributed by atoms with Crippen molar-refractivity contribution in [3.8, 4) is 0 Å². The monoisotopic (exact) mass is 210 g/mol. The number of nitrogens with zero attached hydrogens (tertiary/aromatic N) is 2. The Kier molecular flexibility index (Phi) is 3.91. The van der Waals surface area contributed by atoms with Gasteiger partial charge in [0, 0.05) is 17.8 Å². The van der Waals surface area contributed by atoms with Crippen molar-refractivity contribution < 1.29 is 5.11 Å². The first-order valence-corrected chi connectivity index (χ1v) is 5.65. The predicted molar refractivity (Wildman–Crippen MR) is 61.8 cm³/mol. The van der Waals surface area contributed by atoms with E-state index in [4.69, 9.17) is 0 Å². The average Bonchev–Trinajstić information content (AvgIpc) is 2.37. The highest BCUT2D eigenvalue weighted by Crippen LogP contribution is 2.21. The maximum atomic E-state index is 9.62. The van der Waals surface area contributed by atoms with Crippen molar-refractivity contribution in [1.29, 1.82) is 0 Å². The van der Waals surface area contributed by atoms with E-state index in [0.717, 1.165) is 29.9 Å². The maximum Gasteiger partial charge on any atom is 0.0797 e. The number of aryl methyl sites for hydroxylation is 2.